The lowest BCUT2D eigenvalue weighted by Crippen LogP contribution is -2.05. The van der Waals surface area contributed by atoms with Crippen LogP contribution in [0.4, 0.5) is 0 Å². The van der Waals surface area contributed by atoms with Crippen molar-refractivity contribution in [3.63, 3.8) is 0 Å². The van der Waals surface area contributed by atoms with Crippen LogP contribution in [0.15, 0.2) is 30.2 Å². The zero-order chi connectivity index (χ0) is 8.27. The molecule has 11 heavy (non-hydrogen) atoms. The summed E-state index contributed by atoms with van der Waals surface area (Å²) in [5, 5.41) is 1.91. The summed E-state index contributed by atoms with van der Waals surface area (Å²) in [5.41, 5.74) is 0. The molecule has 0 aliphatic heterocycles. The van der Waals surface area contributed by atoms with E-state index in [-0.39, 0.29) is 11.7 Å². The summed E-state index contributed by atoms with van der Waals surface area (Å²) in [6, 6.07) is 3.72. The van der Waals surface area contributed by atoms with E-state index in [4.69, 9.17) is 0 Å². The first-order valence-electron chi connectivity index (χ1n) is 3.46. The molecule has 1 aromatic rings. The van der Waals surface area contributed by atoms with Crippen molar-refractivity contribution in [1.82, 2.24) is 0 Å². The molecule has 0 spiro atoms. The summed E-state index contributed by atoms with van der Waals surface area (Å²) in [6.45, 7) is 5.43. The second-order valence-corrected chi connectivity index (χ2v) is 3.31. The molecule has 0 saturated carbocycles. The third-order valence-corrected chi connectivity index (χ3v) is 2.42. The van der Waals surface area contributed by atoms with Crippen LogP contribution in [-0.2, 0) is 0 Å². The van der Waals surface area contributed by atoms with Crippen LogP contribution in [0.5, 0.6) is 0 Å². The Morgan fingerprint density at radius 1 is 1.82 bits per heavy atom. The average Bonchev–Trinajstić information content (AvgIpc) is 2.53. The normalized spacial score (nSPS) is 12.5. The van der Waals surface area contributed by atoms with E-state index in [0.29, 0.717) is 0 Å². The Labute approximate surface area is 70.4 Å². The Balaban J connectivity index is 2.78. The number of Topliss-reactive ketones (excluding diaryl/α,β-unsaturated/α-hetero) is 1. The third-order valence-electron chi connectivity index (χ3n) is 1.53. The quantitative estimate of drug-likeness (QED) is 0.498. The predicted molar refractivity (Wildman–Crippen MR) is 48.0 cm³/mol. The highest BCUT2D eigenvalue weighted by atomic mass is 32.1. The SMILES string of the molecule is C=C[C@@H](C)C(=O)c1cccs1. The third kappa shape index (κ3) is 1.77. The van der Waals surface area contributed by atoms with Crippen molar-refractivity contribution in [3.05, 3.63) is 35.0 Å². The molecule has 0 saturated heterocycles. The number of hydrogen-bond donors (Lipinski definition) is 0. The van der Waals surface area contributed by atoms with Gasteiger partial charge in [-0.05, 0) is 11.4 Å². The van der Waals surface area contributed by atoms with E-state index in [2.05, 4.69) is 6.58 Å². The van der Waals surface area contributed by atoms with Crippen molar-refractivity contribution in [3.8, 4) is 0 Å². The minimum atomic E-state index is -0.0614. The highest BCUT2D eigenvalue weighted by Gasteiger charge is 2.11. The summed E-state index contributed by atoms with van der Waals surface area (Å²) < 4.78 is 0. The number of thiophene rings is 1. The van der Waals surface area contributed by atoms with Gasteiger partial charge in [-0.3, -0.25) is 4.79 Å². The van der Waals surface area contributed by atoms with Gasteiger partial charge in [0.1, 0.15) is 0 Å². The van der Waals surface area contributed by atoms with Crippen molar-refractivity contribution in [2.75, 3.05) is 0 Å². The molecule has 1 heterocycles. The van der Waals surface area contributed by atoms with E-state index in [1.54, 1.807) is 6.08 Å². The lowest BCUT2D eigenvalue weighted by atomic mass is 10.1. The lowest BCUT2D eigenvalue weighted by molar-refractivity contribution is 0.0957. The highest BCUT2D eigenvalue weighted by molar-refractivity contribution is 7.12. The monoisotopic (exact) mass is 166 g/mol. The van der Waals surface area contributed by atoms with Gasteiger partial charge in [0.05, 0.1) is 4.88 Å². The minimum absolute atomic E-state index is 0.0614. The van der Waals surface area contributed by atoms with Gasteiger partial charge in [0.2, 0.25) is 0 Å². The van der Waals surface area contributed by atoms with Gasteiger partial charge in [-0.15, -0.1) is 17.9 Å². The molecule has 1 nitrogen and oxygen atoms in total. The maximum absolute atomic E-state index is 11.4. The molecule has 0 radical (unpaired) electrons. The first-order chi connectivity index (χ1) is 5.25. The van der Waals surface area contributed by atoms with Gasteiger partial charge in [0.25, 0.3) is 0 Å². The van der Waals surface area contributed by atoms with Crippen molar-refractivity contribution < 1.29 is 4.79 Å². The minimum Gasteiger partial charge on any atom is -0.293 e. The van der Waals surface area contributed by atoms with Gasteiger partial charge in [0.15, 0.2) is 5.78 Å². The summed E-state index contributed by atoms with van der Waals surface area (Å²) in [4.78, 5) is 12.2. The standard InChI is InChI=1S/C9H10OS/c1-3-7(2)9(10)8-5-4-6-11-8/h3-7H,1H2,2H3/t7-/m1/s1. The summed E-state index contributed by atoms with van der Waals surface area (Å²) in [5.74, 6) is 0.101. The summed E-state index contributed by atoms with van der Waals surface area (Å²) >= 11 is 1.48. The zero-order valence-electron chi connectivity index (χ0n) is 6.41. The van der Waals surface area contributed by atoms with Crippen LogP contribution in [0.3, 0.4) is 0 Å². The fourth-order valence-electron chi connectivity index (χ4n) is 0.750. The van der Waals surface area contributed by atoms with E-state index in [0.717, 1.165) is 4.88 Å². The highest BCUT2D eigenvalue weighted by Crippen LogP contribution is 2.14. The second kappa shape index (κ2) is 3.49. The van der Waals surface area contributed by atoms with E-state index >= 15 is 0 Å². The van der Waals surface area contributed by atoms with Gasteiger partial charge in [0, 0.05) is 5.92 Å². The molecule has 1 rings (SSSR count). The number of ketones is 1. The van der Waals surface area contributed by atoms with Crippen LogP contribution < -0.4 is 0 Å². The molecule has 1 atom stereocenters. The second-order valence-electron chi connectivity index (χ2n) is 2.37. The van der Waals surface area contributed by atoms with Crippen LogP contribution in [0, 0.1) is 5.92 Å². The number of rotatable bonds is 3. The largest absolute Gasteiger partial charge is 0.293 e. The Kier molecular flexibility index (Phi) is 2.60. The maximum atomic E-state index is 11.4. The summed E-state index contributed by atoms with van der Waals surface area (Å²) in [6.07, 6.45) is 1.67. The van der Waals surface area contributed by atoms with Crippen molar-refractivity contribution in [1.29, 1.82) is 0 Å². The Bertz CT molecular complexity index is 249. The van der Waals surface area contributed by atoms with Gasteiger partial charge >= 0.3 is 0 Å². The zero-order valence-corrected chi connectivity index (χ0v) is 7.23. The number of carbonyl (C=O) groups excluding carboxylic acids is 1. The maximum Gasteiger partial charge on any atom is 0.179 e. The molecule has 0 unspecified atom stereocenters. The van der Waals surface area contributed by atoms with Gasteiger partial charge in [-0.25, -0.2) is 0 Å². The Morgan fingerprint density at radius 2 is 2.55 bits per heavy atom. The smallest absolute Gasteiger partial charge is 0.179 e. The van der Waals surface area contributed by atoms with Crippen molar-refractivity contribution >= 4 is 17.1 Å². The average molecular weight is 166 g/mol. The van der Waals surface area contributed by atoms with Gasteiger partial charge in [-0.2, -0.15) is 0 Å². The molecule has 0 aliphatic carbocycles. The van der Waals surface area contributed by atoms with Crippen LogP contribution in [0.1, 0.15) is 16.6 Å². The van der Waals surface area contributed by atoms with Gasteiger partial charge in [-0.1, -0.05) is 19.1 Å². The molecule has 0 aromatic carbocycles. The molecule has 0 amide bonds. The van der Waals surface area contributed by atoms with Crippen LogP contribution in [-0.4, -0.2) is 5.78 Å². The van der Waals surface area contributed by atoms with Crippen LogP contribution in [0.25, 0.3) is 0 Å². The molecule has 58 valence electrons. The van der Waals surface area contributed by atoms with Crippen molar-refractivity contribution in [2.45, 2.75) is 6.92 Å². The molecule has 1 aromatic heterocycles. The first-order valence-corrected chi connectivity index (χ1v) is 4.34. The topological polar surface area (TPSA) is 17.1 Å². The summed E-state index contributed by atoms with van der Waals surface area (Å²) in [7, 11) is 0. The molecular weight excluding hydrogens is 156 g/mol. The number of allylic oxidation sites excluding steroid dienone is 1. The van der Waals surface area contributed by atoms with Crippen LogP contribution >= 0.6 is 11.3 Å². The van der Waals surface area contributed by atoms with Gasteiger partial charge < -0.3 is 0 Å². The fourth-order valence-corrected chi connectivity index (χ4v) is 1.51. The lowest BCUT2D eigenvalue weighted by Gasteiger charge is -2.00. The predicted octanol–water partition coefficient (Wildman–Crippen LogP) is 2.75. The van der Waals surface area contributed by atoms with E-state index in [1.165, 1.54) is 11.3 Å². The van der Waals surface area contributed by atoms with E-state index in [1.807, 2.05) is 24.4 Å². The van der Waals surface area contributed by atoms with E-state index < -0.39 is 0 Å². The number of hydrogen-bond acceptors (Lipinski definition) is 2. The number of carbonyl (C=O) groups is 1. The Morgan fingerprint density at radius 3 is 3.00 bits per heavy atom. The molecule has 0 fully saturated rings. The van der Waals surface area contributed by atoms with Crippen LogP contribution in [0.2, 0.25) is 0 Å². The molecule has 2 heteroatoms. The van der Waals surface area contributed by atoms with Crippen molar-refractivity contribution in [2.24, 2.45) is 5.92 Å². The van der Waals surface area contributed by atoms with E-state index in [9.17, 15) is 4.79 Å². The molecular formula is C9H10OS. The first kappa shape index (κ1) is 8.21. The Hall–Kier alpha value is -0.890. The molecule has 0 aliphatic rings. The fraction of sp³-hybridized carbons (Fsp3) is 0.222. The molecule has 0 N–H and O–H groups in total. The molecule has 0 bridgehead atoms.